The lowest BCUT2D eigenvalue weighted by atomic mass is 10.1. The van der Waals surface area contributed by atoms with Gasteiger partial charge >= 0.3 is 5.97 Å². The smallest absolute Gasteiger partial charge is 0.306 e. The van der Waals surface area contributed by atoms with Crippen LogP contribution in [0, 0.1) is 0 Å². The standard InChI is InChI=1S/C28H29N3O4S/c1-31(24-12-6-3-7-13-24)27(34)22-14-16-23(17-15-22)29-28(36)30-25(32)18-19-26(33)35-20-8-11-21-9-4-2-5-10-21/h2-7,9-10,12-17H,8,11,18-20H2,1H3,(H2,29,30,32,36). The number of rotatable bonds is 10. The number of carbonyl (C=O) groups excluding carboxylic acids is 3. The van der Waals surface area contributed by atoms with Gasteiger partial charge in [0.25, 0.3) is 5.91 Å². The second kappa shape index (κ2) is 13.7. The number of aryl methyl sites for hydroxylation is 1. The van der Waals surface area contributed by atoms with Gasteiger partial charge in [0.1, 0.15) is 0 Å². The fraction of sp³-hybridized carbons (Fsp3) is 0.214. The van der Waals surface area contributed by atoms with Crippen LogP contribution in [-0.4, -0.2) is 36.6 Å². The van der Waals surface area contributed by atoms with Crippen LogP contribution in [0.2, 0.25) is 0 Å². The fourth-order valence-corrected chi connectivity index (χ4v) is 3.64. The Morgan fingerprint density at radius 2 is 1.50 bits per heavy atom. The van der Waals surface area contributed by atoms with E-state index in [4.69, 9.17) is 17.0 Å². The van der Waals surface area contributed by atoms with Gasteiger partial charge in [0, 0.05) is 30.4 Å². The molecule has 0 aliphatic rings. The summed E-state index contributed by atoms with van der Waals surface area (Å²) in [6.07, 6.45) is 1.50. The summed E-state index contributed by atoms with van der Waals surface area (Å²) in [5.74, 6) is -0.946. The zero-order valence-electron chi connectivity index (χ0n) is 20.1. The molecule has 0 atom stereocenters. The summed E-state index contributed by atoms with van der Waals surface area (Å²) in [5.41, 5.74) is 3.13. The first-order valence-electron chi connectivity index (χ1n) is 11.7. The molecule has 0 heterocycles. The molecule has 3 aromatic rings. The third-order valence-electron chi connectivity index (χ3n) is 5.36. The number of hydrogen-bond donors (Lipinski definition) is 2. The molecule has 0 unspecified atom stereocenters. The first kappa shape index (κ1) is 26.6. The quantitative estimate of drug-likeness (QED) is 0.236. The van der Waals surface area contributed by atoms with Gasteiger partial charge in [-0.25, -0.2) is 0 Å². The molecule has 186 valence electrons. The topological polar surface area (TPSA) is 87.7 Å². The lowest BCUT2D eigenvalue weighted by molar-refractivity contribution is -0.145. The van der Waals surface area contributed by atoms with Crippen LogP contribution < -0.4 is 15.5 Å². The highest BCUT2D eigenvalue weighted by Crippen LogP contribution is 2.16. The van der Waals surface area contributed by atoms with Crippen molar-refractivity contribution in [3.8, 4) is 0 Å². The van der Waals surface area contributed by atoms with Crippen LogP contribution in [-0.2, 0) is 20.7 Å². The van der Waals surface area contributed by atoms with Gasteiger partial charge in [-0.05, 0) is 67.0 Å². The highest BCUT2D eigenvalue weighted by atomic mass is 32.1. The van der Waals surface area contributed by atoms with Gasteiger partial charge in [-0.2, -0.15) is 0 Å². The van der Waals surface area contributed by atoms with E-state index in [0.29, 0.717) is 17.9 Å². The number of nitrogens with zero attached hydrogens (tertiary/aromatic N) is 1. The normalized spacial score (nSPS) is 10.2. The van der Waals surface area contributed by atoms with Crippen molar-refractivity contribution in [2.45, 2.75) is 25.7 Å². The van der Waals surface area contributed by atoms with Gasteiger partial charge in [-0.1, -0.05) is 48.5 Å². The van der Waals surface area contributed by atoms with Gasteiger partial charge in [0.15, 0.2) is 5.11 Å². The van der Waals surface area contributed by atoms with Crippen molar-refractivity contribution in [3.05, 3.63) is 96.1 Å². The van der Waals surface area contributed by atoms with E-state index < -0.39 is 5.97 Å². The molecule has 0 spiro atoms. The predicted octanol–water partition coefficient (Wildman–Crippen LogP) is 4.73. The minimum Gasteiger partial charge on any atom is -0.466 e. The van der Waals surface area contributed by atoms with E-state index in [1.54, 1.807) is 36.2 Å². The average molecular weight is 504 g/mol. The van der Waals surface area contributed by atoms with Crippen molar-refractivity contribution in [2.75, 3.05) is 23.9 Å². The summed E-state index contributed by atoms with van der Waals surface area (Å²) < 4.78 is 5.19. The molecule has 0 radical (unpaired) electrons. The van der Waals surface area contributed by atoms with Crippen LogP contribution in [0.1, 0.15) is 35.2 Å². The van der Waals surface area contributed by atoms with Crippen LogP contribution >= 0.6 is 12.2 Å². The molecule has 0 bridgehead atoms. The number of esters is 1. The second-order valence-corrected chi connectivity index (χ2v) is 8.50. The largest absolute Gasteiger partial charge is 0.466 e. The molecular weight excluding hydrogens is 474 g/mol. The molecule has 3 aromatic carbocycles. The maximum atomic E-state index is 12.7. The Kier molecular flexibility index (Phi) is 10.1. The monoisotopic (exact) mass is 503 g/mol. The van der Waals surface area contributed by atoms with Crippen LogP contribution in [0.4, 0.5) is 11.4 Å². The third-order valence-corrected chi connectivity index (χ3v) is 5.57. The summed E-state index contributed by atoms with van der Waals surface area (Å²) in [6.45, 7) is 0.314. The SMILES string of the molecule is CN(C(=O)c1ccc(NC(=S)NC(=O)CCC(=O)OCCCc2ccccc2)cc1)c1ccccc1. The maximum absolute atomic E-state index is 12.7. The van der Waals surface area contributed by atoms with E-state index in [0.717, 1.165) is 18.5 Å². The van der Waals surface area contributed by atoms with E-state index in [1.807, 2.05) is 60.7 Å². The van der Waals surface area contributed by atoms with Crippen molar-refractivity contribution in [1.29, 1.82) is 0 Å². The van der Waals surface area contributed by atoms with E-state index in [9.17, 15) is 14.4 Å². The number of benzene rings is 3. The molecule has 0 saturated carbocycles. The zero-order chi connectivity index (χ0) is 25.8. The summed E-state index contributed by atoms with van der Waals surface area (Å²) in [5, 5.41) is 5.56. The molecule has 8 heteroatoms. The number of para-hydroxylation sites is 1. The highest BCUT2D eigenvalue weighted by Gasteiger charge is 2.14. The Labute approximate surface area is 216 Å². The number of nitrogens with one attached hydrogen (secondary N) is 2. The van der Waals surface area contributed by atoms with Crippen LogP contribution in [0.3, 0.4) is 0 Å². The highest BCUT2D eigenvalue weighted by molar-refractivity contribution is 7.80. The third kappa shape index (κ3) is 8.63. The van der Waals surface area contributed by atoms with Gasteiger partial charge < -0.3 is 20.3 Å². The molecule has 2 N–H and O–H groups in total. The predicted molar refractivity (Wildman–Crippen MR) is 145 cm³/mol. The molecule has 7 nitrogen and oxygen atoms in total. The number of ether oxygens (including phenoxy) is 1. The van der Waals surface area contributed by atoms with Crippen molar-refractivity contribution in [2.24, 2.45) is 0 Å². The molecular formula is C28H29N3O4S. The number of carbonyl (C=O) groups is 3. The molecule has 0 aliphatic heterocycles. The number of hydrogen-bond acceptors (Lipinski definition) is 5. The van der Waals surface area contributed by atoms with Gasteiger partial charge in [0.2, 0.25) is 5.91 Å². The van der Waals surface area contributed by atoms with E-state index in [2.05, 4.69) is 10.6 Å². The number of anilines is 2. The average Bonchev–Trinajstić information content (AvgIpc) is 2.90. The van der Waals surface area contributed by atoms with Crippen LogP contribution in [0.25, 0.3) is 0 Å². The van der Waals surface area contributed by atoms with Crippen molar-refractivity contribution >= 4 is 46.5 Å². The van der Waals surface area contributed by atoms with Crippen LogP contribution in [0.15, 0.2) is 84.9 Å². The molecule has 3 rings (SSSR count). The molecule has 0 aliphatic carbocycles. The van der Waals surface area contributed by atoms with Gasteiger partial charge in [0.05, 0.1) is 13.0 Å². The maximum Gasteiger partial charge on any atom is 0.306 e. The van der Waals surface area contributed by atoms with Crippen molar-refractivity contribution in [3.63, 3.8) is 0 Å². The van der Waals surface area contributed by atoms with Gasteiger partial charge in [-0.3, -0.25) is 14.4 Å². The first-order valence-corrected chi connectivity index (χ1v) is 12.1. The fourth-order valence-electron chi connectivity index (χ4n) is 3.40. The Balaban J connectivity index is 1.35. The molecule has 36 heavy (non-hydrogen) atoms. The Morgan fingerprint density at radius 3 is 2.17 bits per heavy atom. The summed E-state index contributed by atoms with van der Waals surface area (Å²) in [4.78, 5) is 38.3. The zero-order valence-corrected chi connectivity index (χ0v) is 20.9. The molecule has 0 saturated heterocycles. The summed E-state index contributed by atoms with van der Waals surface area (Å²) >= 11 is 5.18. The minimum atomic E-state index is -0.419. The Bertz CT molecular complexity index is 1170. The van der Waals surface area contributed by atoms with E-state index in [-0.39, 0.29) is 29.8 Å². The molecule has 0 fully saturated rings. The minimum absolute atomic E-state index is 0.0223. The van der Waals surface area contributed by atoms with E-state index in [1.165, 1.54) is 5.56 Å². The summed E-state index contributed by atoms with van der Waals surface area (Å²) in [7, 11) is 1.72. The lowest BCUT2D eigenvalue weighted by Crippen LogP contribution is -2.34. The van der Waals surface area contributed by atoms with Gasteiger partial charge in [-0.15, -0.1) is 0 Å². The Morgan fingerprint density at radius 1 is 0.861 bits per heavy atom. The molecule has 2 amide bonds. The lowest BCUT2D eigenvalue weighted by Gasteiger charge is -2.17. The number of thiocarbonyl (C=S) groups is 1. The first-order chi connectivity index (χ1) is 17.4. The number of amides is 2. The van der Waals surface area contributed by atoms with Crippen molar-refractivity contribution < 1.29 is 19.1 Å². The summed E-state index contributed by atoms with van der Waals surface area (Å²) in [6, 6.07) is 26.1. The Hall–Kier alpha value is -4.04. The van der Waals surface area contributed by atoms with Crippen molar-refractivity contribution in [1.82, 2.24) is 5.32 Å². The second-order valence-electron chi connectivity index (χ2n) is 8.09. The van der Waals surface area contributed by atoms with E-state index >= 15 is 0 Å². The van der Waals surface area contributed by atoms with Crippen LogP contribution in [0.5, 0.6) is 0 Å². The molecule has 0 aromatic heterocycles.